The lowest BCUT2D eigenvalue weighted by Crippen LogP contribution is -2.35. The van der Waals surface area contributed by atoms with Crippen LogP contribution in [0, 0.1) is 13.8 Å². The summed E-state index contributed by atoms with van der Waals surface area (Å²) in [5.41, 5.74) is 7.29. The van der Waals surface area contributed by atoms with Gasteiger partial charge in [0.15, 0.2) is 9.84 Å². The number of sulfone groups is 1. The number of benzene rings is 1. The number of hydrogen-bond donors (Lipinski definition) is 2. The molecule has 6 nitrogen and oxygen atoms in total. The first-order valence-electron chi connectivity index (χ1n) is 6.71. The quantitative estimate of drug-likeness (QED) is 0.791. The third-order valence-electron chi connectivity index (χ3n) is 3.72. The minimum Gasteiger partial charge on any atom is -0.399 e. The highest BCUT2D eigenvalue weighted by Gasteiger charge is 2.32. The largest absolute Gasteiger partial charge is 0.399 e. The monoisotopic (exact) mass is 332 g/mol. The van der Waals surface area contributed by atoms with Gasteiger partial charge in [-0.25, -0.2) is 21.6 Å². The van der Waals surface area contributed by atoms with Crippen molar-refractivity contribution in [2.45, 2.75) is 36.8 Å². The Morgan fingerprint density at radius 2 is 1.86 bits per heavy atom. The van der Waals surface area contributed by atoms with E-state index in [9.17, 15) is 16.8 Å². The molecule has 1 saturated heterocycles. The van der Waals surface area contributed by atoms with Gasteiger partial charge in [-0.1, -0.05) is 0 Å². The fourth-order valence-electron chi connectivity index (χ4n) is 2.77. The Hall–Kier alpha value is -1.12. The Balaban J connectivity index is 2.24. The minimum absolute atomic E-state index is 0.0755. The molecule has 0 aromatic heterocycles. The van der Waals surface area contributed by atoms with Crippen LogP contribution in [0.2, 0.25) is 0 Å². The molecule has 0 radical (unpaired) electrons. The van der Waals surface area contributed by atoms with Gasteiger partial charge in [0.05, 0.1) is 15.9 Å². The molecule has 118 valence electrons. The molecule has 21 heavy (non-hydrogen) atoms. The van der Waals surface area contributed by atoms with Gasteiger partial charge in [0, 0.05) is 12.2 Å². The van der Waals surface area contributed by atoms with Gasteiger partial charge in [0.25, 0.3) is 0 Å². The second-order valence-electron chi connectivity index (χ2n) is 5.47. The third-order valence-corrected chi connectivity index (χ3v) is 7.72. The smallest absolute Gasteiger partial charge is 0.241 e. The summed E-state index contributed by atoms with van der Waals surface area (Å²) in [5.74, 6) is 0.138. The Kier molecular flexibility index (Phi) is 4.32. The van der Waals surface area contributed by atoms with Crippen LogP contribution in [0.4, 0.5) is 5.69 Å². The zero-order valence-electron chi connectivity index (χ0n) is 12.1. The molecule has 2 rings (SSSR count). The van der Waals surface area contributed by atoms with Crippen molar-refractivity contribution in [3.05, 3.63) is 23.3 Å². The molecule has 8 heteroatoms. The lowest BCUT2D eigenvalue weighted by Gasteiger charge is -2.15. The minimum atomic E-state index is -3.75. The molecule has 1 aromatic rings. The molecule has 1 aromatic carbocycles. The molecular weight excluding hydrogens is 312 g/mol. The van der Waals surface area contributed by atoms with E-state index < -0.39 is 25.1 Å². The maximum atomic E-state index is 12.4. The molecule has 1 unspecified atom stereocenters. The van der Waals surface area contributed by atoms with Crippen LogP contribution in [0.5, 0.6) is 0 Å². The SMILES string of the molecule is Cc1cc(N)cc(C)c1S(=O)(=O)NCC1CCCS1(=O)=O. The number of rotatable bonds is 4. The first-order chi connectivity index (χ1) is 9.63. The first-order valence-corrected chi connectivity index (χ1v) is 9.91. The normalized spacial score (nSPS) is 21.5. The molecule has 3 N–H and O–H groups in total. The molecule has 0 saturated carbocycles. The highest BCUT2D eigenvalue weighted by atomic mass is 32.2. The van der Waals surface area contributed by atoms with Crippen LogP contribution >= 0.6 is 0 Å². The Morgan fingerprint density at radius 3 is 2.33 bits per heavy atom. The predicted molar refractivity (Wildman–Crippen MR) is 82.3 cm³/mol. The van der Waals surface area contributed by atoms with E-state index in [4.69, 9.17) is 5.73 Å². The van der Waals surface area contributed by atoms with Crippen molar-refractivity contribution in [2.24, 2.45) is 0 Å². The molecule has 1 atom stereocenters. The average molecular weight is 332 g/mol. The van der Waals surface area contributed by atoms with Gasteiger partial charge in [-0.3, -0.25) is 0 Å². The summed E-state index contributed by atoms with van der Waals surface area (Å²) < 4.78 is 50.7. The van der Waals surface area contributed by atoms with E-state index in [1.54, 1.807) is 26.0 Å². The zero-order valence-corrected chi connectivity index (χ0v) is 13.7. The van der Waals surface area contributed by atoms with Crippen molar-refractivity contribution in [3.8, 4) is 0 Å². The van der Waals surface area contributed by atoms with Gasteiger partial charge in [0.1, 0.15) is 0 Å². The molecular formula is C13H20N2O4S2. The number of sulfonamides is 1. The van der Waals surface area contributed by atoms with Crippen LogP contribution in [0.25, 0.3) is 0 Å². The summed E-state index contributed by atoms with van der Waals surface area (Å²) in [6.07, 6.45) is 1.10. The number of hydrogen-bond acceptors (Lipinski definition) is 5. The van der Waals surface area contributed by atoms with Gasteiger partial charge in [-0.05, 0) is 49.9 Å². The van der Waals surface area contributed by atoms with Crippen LogP contribution in [-0.4, -0.2) is 34.4 Å². The summed E-state index contributed by atoms with van der Waals surface area (Å²) in [5, 5.41) is -0.623. The highest BCUT2D eigenvalue weighted by Crippen LogP contribution is 2.24. The van der Waals surface area contributed by atoms with E-state index in [2.05, 4.69) is 4.72 Å². The maximum absolute atomic E-state index is 12.4. The van der Waals surface area contributed by atoms with Gasteiger partial charge in [0.2, 0.25) is 10.0 Å². The van der Waals surface area contributed by atoms with Crippen LogP contribution < -0.4 is 10.5 Å². The van der Waals surface area contributed by atoms with E-state index in [0.717, 1.165) is 0 Å². The van der Waals surface area contributed by atoms with Crippen molar-refractivity contribution in [1.29, 1.82) is 0 Å². The van der Waals surface area contributed by atoms with Gasteiger partial charge in [-0.15, -0.1) is 0 Å². The molecule has 0 aliphatic carbocycles. The predicted octanol–water partition coefficient (Wildman–Crippen LogP) is 0.741. The van der Waals surface area contributed by atoms with Gasteiger partial charge >= 0.3 is 0 Å². The molecule has 1 heterocycles. The highest BCUT2D eigenvalue weighted by molar-refractivity contribution is 7.92. The van der Waals surface area contributed by atoms with Gasteiger partial charge in [-0.2, -0.15) is 0 Å². The van der Waals surface area contributed by atoms with Crippen molar-refractivity contribution in [1.82, 2.24) is 4.72 Å². The standard InChI is InChI=1S/C13H20N2O4S2/c1-9-6-11(14)7-10(2)13(9)21(18,19)15-8-12-4-3-5-20(12,16)17/h6-7,12,15H,3-5,8,14H2,1-2H3. The Morgan fingerprint density at radius 1 is 1.29 bits per heavy atom. The van der Waals surface area contributed by atoms with E-state index in [1.165, 1.54) is 0 Å². The molecule has 0 bridgehead atoms. The Bertz CT molecular complexity index is 731. The summed E-state index contributed by atoms with van der Waals surface area (Å²) in [7, 11) is -6.91. The number of anilines is 1. The topological polar surface area (TPSA) is 106 Å². The molecule has 0 amide bonds. The van der Waals surface area contributed by atoms with Crippen molar-refractivity contribution in [3.63, 3.8) is 0 Å². The first kappa shape index (κ1) is 16.3. The van der Waals surface area contributed by atoms with Crippen LogP contribution in [-0.2, 0) is 19.9 Å². The Labute approximate surface area is 125 Å². The number of nitrogen functional groups attached to an aromatic ring is 1. The van der Waals surface area contributed by atoms with Crippen LogP contribution in [0.15, 0.2) is 17.0 Å². The van der Waals surface area contributed by atoms with Crippen molar-refractivity contribution < 1.29 is 16.8 Å². The average Bonchev–Trinajstić information content (AvgIpc) is 2.64. The summed E-state index contributed by atoms with van der Waals surface area (Å²) in [6, 6.07) is 3.18. The van der Waals surface area contributed by atoms with Crippen molar-refractivity contribution >= 4 is 25.5 Å². The third kappa shape index (κ3) is 3.38. The summed E-state index contributed by atoms with van der Waals surface area (Å²) in [6.45, 7) is 3.27. The summed E-state index contributed by atoms with van der Waals surface area (Å²) >= 11 is 0. The van der Waals surface area contributed by atoms with E-state index >= 15 is 0 Å². The molecule has 1 aliphatic heterocycles. The number of nitrogens with two attached hydrogens (primary N) is 1. The summed E-state index contributed by atoms with van der Waals surface area (Å²) in [4.78, 5) is 0.173. The van der Waals surface area contributed by atoms with Crippen molar-refractivity contribution in [2.75, 3.05) is 18.0 Å². The van der Waals surface area contributed by atoms with Crippen LogP contribution in [0.1, 0.15) is 24.0 Å². The second kappa shape index (κ2) is 5.58. The van der Waals surface area contributed by atoms with Gasteiger partial charge < -0.3 is 5.73 Å². The van der Waals surface area contributed by atoms with Crippen LogP contribution in [0.3, 0.4) is 0 Å². The number of nitrogens with one attached hydrogen (secondary N) is 1. The lowest BCUT2D eigenvalue weighted by molar-refractivity contribution is 0.570. The van der Waals surface area contributed by atoms with E-state index in [0.29, 0.717) is 29.7 Å². The molecule has 1 fully saturated rings. The molecule has 0 spiro atoms. The maximum Gasteiger partial charge on any atom is 0.241 e. The second-order valence-corrected chi connectivity index (χ2v) is 9.57. The lowest BCUT2D eigenvalue weighted by atomic mass is 10.1. The van der Waals surface area contributed by atoms with E-state index in [1.807, 2.05) is 0 Å². The zero-order chi connectivity index (χ0) is 15.8. The fraction of sp³-hybridized carbons (Fsp3) is 0.538. The fourth-order valence-corrected chi connectivity index (χ4v) is 6.17. The van der Waals surface area contributed by atoms with E-state index in [-0.39, 0.29) is 17.2 Å². The number of aryl methyl sites for hydroxylation is 2. The molecule has 1 aliphatic rings.